The Hall–Kier alpha value is -1.88. The van der Waals surface area contributed by atoms with Gasteiger partial charge in [-0.25, -0.2) is 4.79 Å². The Labute approximate surface area is 85.9 Å². The molecular weight excluding hydrogens is 200 g/mol. The second kappa shape index (κ2) is 4.56. The fraction of sp³-hybridized carbons (Fsp3) is 0.200. The first-order valence-corrected chi connectivity index (χ1v) is 4.22. The molecule has 80 valence electrons. The van der Waals surface area contributed by atoms with Crippen LogP contribution in [0.15, 0.2) is 24.3 Å². The Morgan fingerprint density at radius 3 is 2.33 bits per heavy atom. The highest BCUT2D eigenvalue weighted by atomic mass is 16.6. The Morgan fingerprint density at radius 2 is 1.87 bits per heavy atom. The van der Waals surface area contributed by atoms with E-state index >= 15 is 0 Å². The van der Waals surface area contributed by atoms with Crippen molar-refractivity contribution in [2.24, 2.45) is 0 Å². The highest BCUT2D eigenvalue weighted by Crippen LogP contribution is 2.10. The number of carboxylic acid groups (broad SMARTS) is 1. The van der Waals surface area contributed by atoms with Crippen LogP contribution in [0.25, 0.3) is 0 Å². The van der Waals surface area contributed by atoms with E-state index in [9.17, 15) is 14.7 Å². The van der Waals surface area contributed by atoms with Gasteiger partial charge in [-0.2, -0.15) is 0 Å². The maximum absolute atomic E-state index is 11.3. The normalized spacial score (nSPS) is 11.9. The molecular formula is C10H9O5-. The number of ether oxygens (including phenoxy) is 1. The summed E-state index contributed by atoms with van der Waals surface area (Å²) >= 11 is 0. The molecule has 1 aromatic rings. The largest absolute Gasteiger partial charge is 0.545 e. The summed E-state index contributed by atoms with van der Waals surface area (Å²) in [7, 11) is 0. The molecule has 0 radical (unpaired) electrons. The zero-order valence-corrected chi connectivity index (χ0v) is 7.97. The maximum Gasteiger partial charge on any atom is 0.341 e. The van der Waals surface area contributed by atoms with E-state index in [0.29, 0.717) is 0 Å². The molecule has 1 unspecified atom stereocenters. The summed E-state index contributed by atoms with van der Waals surface area (Å²) in [4.78, 5) is 21.9. The van der Waals surface area contributed by atoms with Crippen molar-refractivity contribution in [2.75, 3.05) is 0 Å². The lowest BCUT2D eigenvalue weighted by Gasteiger charge is -2.11. The third-order valence-corrected chi connectivity index (χ3v) is 1.64. The zero-order chi connectivity index (χ0) is 11.4. The molecule has 0 aliphatic carbocycles. The number of hydrogen-bond acceptors (Lipinski definition) is 5. The number of aliphatic hydroxyl groups excluding tert-OH is 1. The summed E-state index contributed by atoms with van der Waals surface area (Å²) < 4.78 is 4.45. The number of hydrogen-bond donors (Lipinski definition) is 1. The molecule has 0 amide bonds. The van der Waals surface area contributed by atoms with Gasteiger partial charge >= 0.3 is 5.97 Å². The lowest BCUT2D eigenvalue weighted by atomic mass is 10.1. The molecule has 0 saturated carbocycles. The summed E-state index contributed by atoms with van der Waals surface area (Å²) in [6.45, 7) is 1.25. The van der Waals surface area contributed by atoms with Crippen molar-refractivity contribution in [2.45, 2.75) is 13.2 Å². The van der Waals surface area contributed by atoms with Crippen molar-refractivity contribution in [3.63, 3.8) is 0 Å². The fourth-order valence-corrected chi connectivity index (χ4v) is 1.06. The number of carbonyl (C=O) groups is 2. The van der Waals surface area contributed by atoms with E-state index in [1.165, 1.54) is 31.2 Å². The quantitative estimate of drug-likeness (QED) is 0.538. The van der Waals surface area contributed by atoms with Crippen molar-refractivity contribution < 1.29 is 24.5 Å². The molecule has 15 heavy (non-hydrogen) atoms. The molecule has 1 aromatic carbocycles. The Kier molecular flexibility index (Phi) is 3.41. The van der Waals surface area contributed by atoms with Crippen LogP contribution >= 0.6 is 0 Å². The summed E-state index contributed by atoms with van der Waals surface area (Å²) in [5, 5.41) is 19.4. The van der Waals surface area contributed by atoms with Gasteiger partial charge in [-0.05, 0) is 13.0 Å². The molecule has 0 heterocycles. The maximum atomic E-state index is 11.3. The minimum atomic E-state index is -1.46. The average Bonchev–Trinajstić information content (AvgIpc) is 2.16. The highest BCUT2D eigenvalue weighted by molar-refractivity contribution is 6.01. The summed E-state index contributed by atoms with van der Waals surface area (Å²) in [6.07, 6.45) is -1.28. The molecule has 0 saturated heterocycles. The third-order valence-electron chi connectivity index (χ3n) is 1.64. The van der Waals surface area contributed by atoms with Crippen LogP contribution in [-0.4, -0.2) is 23.3 Å². The second-order valence-electron chi connectivity index (χ2n) is 2.84. The van der Waals surface area contributed by atoms with Gasteiger partial charge in [-0.1, -0.05) is 18.2 Å². The van der Waals surface area contributed by atoms with Crippen LogP contribution in [0.3, 0.4) is 0 Å². The number of rotatable bonds is 3. The van der Waals surface area contributed by atoms with Crippen LogP contribution in [0.5, 0.6) is 0 Å². The molecule has 0 bridgehead atoms. The molecule has 0 fully saturated rings. The zero-order valence-electron chi connectivity index (χ0n) is 7.97. The highest BCUT2D eigenvalue weighted by Gasteiger charge is 2.14. The number of carboxylic acids is 1. The van der Waals surface area contributed by atoms with E-state index in [1.807, 2.05) is 0 Å². The Balaban J connectivity index is 3.03. The minimum Gasteiger partial charge on any atom is -0.545 e. The van der Waals surface area contributed by atoms with Crippen molar-refractivity contribution >= 4 is 11.9 Å². The van der Waals surface area contributed by atoms with Gasteiger partial charge in [-0.3, -0.25) is 0 Å². The van der Waals surface area contributed by atoms with Gasteiger partial charge in [0, 0.05) is 5.56 Å². The van der Waals surface area contributed by atoms with E-state index in [-0.39, 0.29) is 11.1 Å². The molecule has 0 aliphatic rings. The van der Waals surface area contributed by atoms with Crippen LogP contribution in [0.2, 0.25) is 0 Å². The predicted molar refractivity (Wildman–Crippen MR) is 47.9 cm³/mol. The number of aliphatic hydroxyl groups is 1. The van der Waals surface area contributed by atoms with Crippen LogP contribution < -0.4 is 5.11 Å². The van der Waals surface area contributed by atoms with Gasteiger partial charge in [0.25, 0.3) is 0 Å². The van der Waals surface area contributed by atoms with Gasteiger partial charge < -0.3 is 19.7 Å². The lowest BCUT2D eigenvalue weighted by Crippen LogP contribution is -2.26. The number of carbonyl (C=O) groups excluding carboxylic acids is 2. The van der Waals surface area contributed by atoms with Crippen LogP contribution in [0, 0.1) is 0 Å². The van der Waals surface area contributed by atoms with E-state index < -0.39 is 18.2 Å². The van der Waals surface area contributed by atoms with Gasteiger partial charge in [-0.15, -0.1) is 0 Å². The number of esters is 1. The Bertz CT molecular complexity index is 383. The summed E-state index contributed by atoms with van der Waals surface area (Å²) in [5.74, 6) is -2.36. The average molecular weight is 209 g/mol. The first kappa shape index (κ1) is 11.2. The van der Waals surface area contributed by atoms with Gasteiger partial charge in [0.15, 0.2) is 6.29 Å². The topological polar surface area (TPSA) is 86.7 Å². The monoisotopic (exact) mass is 209 g/mol. The fourth-order valence-electron chi connectivity index (χ4n) is 1.06. The summed E-state index contributed by atoms with van der Waals surface area (Å²) in [5.41, 5.74) is -0.401. The molecule has 1 N–H and O–H groups in total. The Morgan fingerprint density at radius 1 is 1.33 bits per heavy atom. The first-order valence-electron chi connectivity index (χ1n) is 4.22. The molecule has 0 aliphatic heterocycles. The molecule has 0 spiro atoms. The molecule has 1 atom stereocenters. The van der Waals surface area contributed by atoms with Crippen LogP contribution in [0.1, 0.15) is 27.6 Å². The van der Waals surface area contributed by atoms with Gasteiger partial charge in [0.2, 0.25) is 0 Å². The first-order chi connectivity index (χ1) is 7.02. The smallest absolute Gasteiger partial charge is 0.341 e. The minimum absolute atomic E-state index is 0.140. The van der Waals surface area contributed by atoms with Gasteiger partial charge in [0.1, 0.15) is 0 Å². The number of benzene rings is 1. The van der Waals surface area contributed by atoms with Crippen LogP contribution in [-0.2, 0) is 4.74 Å². The third kappa shape index (κ3) is 2.78. The van der Waals surface area contributed by atoms with Crippen molar-refractivity contribution in [3.8, 4) is 0 Å². The van der Waals surface area contributed by atoms with E-state index in [0.717, 1.165) is 0 Å². The van der Waals surface area contributed by atoms with Crippen molar-refractivity contribution in [1.29, 1.82) is 0 Å². The molecule has 0 aromatic heterocycles. The predicted octanol–water partition coefficient (Wildman–Crippen LogP) is -0.455. The SMILES string of the molecule is CC(O)OC(=O)c1ccccc1C(=O)[O-]. The van der Waals surface area contributed by atoms with E-state index in [2.05, 4.69) is 4.74 Å². The van der Waals surface area contributed by atoms with Gasteiger partial charge in [0.05, 0.1) is 11.5 Å². The molecule has 5 heteroatoms. The molecule has 1 rings (SSSR count). The van der Waals surface area contributed by atoms with E-state index in [1.54, 1.807) is 0 Å². The standard InChI is InChI=1S/C10H10O5/c1-6(11)15-10(14)8-5-3-2-4-7(8)9(12)13/h2-6,11H,1H3,(H,12,13)/p-1. The second-order valence-corrected chi connectivity index (χ2v) is 2.84. The summed E-state index contributed by atoms with van der Waals surface area (Å²) in [6, 6.07) is 5.47. The molecule has 5 nitrogen and oxygen atoms in total. The van der Waals surface area contributed by atoms with Crippen molar-refractivity contribution in [3.05, 3.63) is 35.4 Å². The van der Waals surface area contributed by atoms with E-state index in [4.69, 9.17) is 5.11 Å². The van der Waals surface area contributed by atoms with Crippen LogP contribution in [0.4, 0.5) is 0 Å². The lowest BCUT2D eigenvalue weighted by molar-refractivity contribution is -0.255. The van der Waals surface area contributed by atoms with Crippen molar-refractivity contribution in [1.82, 2.24) is 0 Å². The number of aromatic carboxylic acids is 1.